The molecule has 0 spiro atoms. The lowest BCUT2D eigenvalue weighted by Crippen LogP contribution is -1.93. The minimum atomic E-state index is -4.58. The van der Waals surface area contributed by atoms with Gasteiger partial charge in [0.1, 0.15) is 4.91 Å². The van der Waals surface area contributed by atoms with Crippen molar-refractivity contribution in [2.75, 3.05) is 0 Å². The molecule has 0 aliphatic heterocycles. The van der Waals surface area contributed by atoms with Crippen molar-refractivity contribution in [3.05, 3.63) is 41.0 Å². The van der Waals surface area contributed by atoms with Crippen molar-refractivity contribution in [2.24, 2.45) is 0 Å². The molecule has 1 rings (SSSR count). The van der Waals surface area contributed by atoms with Crippen LogP contribution >= 0.6 is 0 Å². The summed E-state index contributed by atoms with van der Waals surface area (Å²) in [7, 11) is -4.58. The Morgan fingerprint density at radius 2 is 2.08 bits per heavy atom. The summed E-state index contributed by atoms with van der Waals surface area (Å²) in [5.41, 5.74) is 2.35. The highest BCUT2D eigenvalue weighted by molar-refractivity contribution is 7.90. The van der Waals surface area contributed by atoms with Crippen molar-refractivity contribution in [3.8, 4) is 0 Å². The zero-order valence-corrected chi connectivity index (χ0v) is 7.01. The molecular weight excluding hydrogens is 179 g/mol. The van der Waals surface area contributed by atoms with E-state index in [0.29, 0.717) is 0 Å². The Morgan fingerprint density at radius 3 is 2.75 bits per heavy atom. The van der Waals surface area contributed by atoms with Crippen LogP contribution in [0.4, 0.5) is 3.89 Å². The SMILES string of the molecule is O=S(=O)(F)C1=C=C/C=C\C=C/C1. The summed E-state index contributed by atoms with van der Waals surface area (Å²) in [6, 6.07) is 0. The zero-order chi connectivity index (χ0) is 9.03. The molecule has 0 aromatic heterocycles. The highest BCUT2D eigenvalue weighted by Gasteiger charge is 2.13. The first-order valence-electron chi connectivity index (χ1n) is 3.33. The quantitative estimate of drug-likeness (QED) is 0.462. The summed E-state index contributed by atoms with van der Waals surface area (Å²) in [6.07, 6.45) is 7.94. The normalized spacial score (nSPS) is 22.2. The Labute approximate surface area is 70.6 Å². The van der Waals surface area contributed by atoms with Crippen LogP contribution in [-0.2, 0) is 10.2 Å². The molecule has 1 aliphatic rings. The van der Waals surface area contributed by atoms with Crippen LogP contribution in [0.3, 0.4) is 0 Å². The molecule has 12 heavy (non-hydrogen) atoms. The van der Waals surface area contributed by atoms with Crippen LogP contribution in [0.1, 0.15) is 6.42 Å². The van der Waals surface area contributed by atoms with Gasteiger partial charge in [0.2, 0.25) is 0 Å². The van der Waals surface area contributed by atoms with Crippen molar-refractivity contribution in [3.63, 3.8) is 0 Å². The third-order valence-electron chi connectivity index (χ3n) is 1.30. The van der Waals surface area contributed by atoms with Crippen LogP contribution in [0, 0.1) is 0 Å². The standard InChI is InChI=1S/C8H7FO2S/c9-12(10,11)8-6-4-2-1-3-5-7-8/h1-5H,6H2/b3-1-,4-2-. The first kappa shape index (κ1) is 8.97. The van der Waals surface area contributed by atoms with Gasteiger partial charge >= 0.3 is 10.2 Å². The summed E-state index contributed by atoms with van der Waals surface area (Å²) in [6.45, 7) is 0. The Bertz CT molecular complexity index is 381. The van der Waals surface area contributed by atoms with Gasteiger partial charge in [0.25, 0.3) is 0 Å². The van der Waals surface area contributed by atoms with Crippen molar-refractivity contribution >= 4 is 10.2 Å². The van der Waals surface area contributed by atoms with E-state index in [2.05, 4.69) is 5.73 Å². The molecule has 0 saturated heterocycles. The maximum atomic E-state index is 12.4. The number of halogens is 1. The van der Waals surface area contributed by atoms with Gasteiger partial charge in [-0.25, -0.2) is 0 Å². The molecular formula is C8H7FO2S. The molecule has 4 heteroatoms. The second-order valence-corrected chi connectivity index (χ2v) is 3.56. The van der Waals surface area contributed by atoms with Crippen LogP contribution in [0.2, 0.25) is 0 Å². The molecule has 0 amide bonds. The molecule has 64 valence electrons. The molecule has 0 radical (unpaired) electrons. The molecule has 0 atom stereocenters. The van der Waals surface area contributed by atoms with Crippen molar-refractivity contribution in [2.45, 2.75) is 6.42 Å². The Balaban J connectivity index is 3.12. The van der Waals surface area contributed by atoms with Crippen molar-refractivity contribution in [1.82, 2.24) is 0 Å². The fourth-order valence-corrected chi connectivity index (χ4v) is 1.25. The third-order valence-corrected chi connectivity index (χ3v) is 2.17. The molecule has 0 heterocycles. The molecule has 0 aromatic rings. The molecule has 0 aromatic carbocycles. The smallest absolute Gasteiger partial charge is 0.189 e. The second-order valence-electron chi connectivity index (χ2n) is 2.19. The largest absolute Gasteiger partial charge is 0.335 e. The Kier molecular flexibility index (Phi) is 2.63. The van der Waals surface area contributed by atoms with Gasteiger partial charge in [0, 0.05) is 6.42 Å². The molecule has 0 N–H and O–H groups in total. The number of rotatable bonds is 1. The highest BCUT2D eigenvalue weighted by atomic mass is 32.3. The maximum absolute atomic E-state index is 12.4. The van der Waals surface area contributed by atoms with Crippen LogP contribution in [-0.4, -0.2) is 8.42 Å². The van der Waals surface area contributed by atoms with Crippen LogP contribution in [0.5, 0.6) is 0 Å². The highest BCUT2D eigenvalue weighted by Crippen LogP contribution is 2.13. The first-order chi connectivity index (χ1) is 5.61. The maximum Gasteiger partial charge on any atom is 0.335 e. The van der Waals surface area contributed by atoms with E-state index < -0.39 is 10.2 Å². The second kappa shape index (κ2) is 3.52. The minimum Gasteiger partial charge on any atom is -0.189 e. The van der Waals surface area contributed by atoms with Crippen molar-refractivity contribution in [1.29, 1.82) is 0 Å². The third kappa shape index (κ3) is 2.49. The van der Waals surface area contributed by atoms with E-state index in [1.165, 1.54) is 6.08 Å². The number of hydrogen-bond donors (Lipinski definition) is 0. The van der Waals surface area contributed by atoms with E-state index in [4.69, 9.17) is 0 Å². The monoisotopic (exact) mass is 186 g/mol. The van der Waals surface area contributed by atoms with E-state index in [1.807, 2.05) is 0 Å². The van der Waals surface area contributed by atoms with E-state index in [9.17, 15) is 12.3 Å². The van der Waals surface area contributed by atoms with Crippen LogP contribution in [0.25, 0.3) is 0 Å². The lowest BCUT2D eigenvalue weighted by molar-refractivity contribution is 0.558. The fraction of sp³-hybridized carbons (Fsp3) is 0.125. The van der Waals surface area contributed by atoms with Crippen LogP contribution in [0.15, 0.2) is 41.0 Å². The lowest BCUT2D eigenvalue weighted by atomic mass is 10.3. The molecule has 0 bridgehead atoms. The van der Waals surface area contributed by atoms with Gasteiger partial charge in [0.05, 0.1) is 0 Å². The van der Waals surface area contributed by atoms with Gasteiger partial charge in [-0.15, -0.1) is 9.62 Å². The summed E-state index contributed by atoms with van der Waals surface area (Å²) in [5, 5.41) is 0. The average Bonchev–Trinajstić information content (AvgIpc) is 1.81. The Morgan fingerprint density at radius 1 is 1.33 bits per heavy atom. The summed E-state index contributed by atoms with van der Waals surface area (Å²) in [5.74, 6) is 0. The van der Waals surface area contributed by atoms with Gasteiger partial charge in [-0.1, -0.05) is 24.3 Å². The predicted molar refractivity (Wildman–Crippen MR) is 44.5 cm³/mol. The first-order valence-corrected chi connectivity index (χ1v) is 4.71. The fourth-order valence-electron chi connectivity index (χ4n) is 0.743. The average molecular weight is 186 g/mol. The van der Waals surface area contributed by atoms with Gasteiger partial charge in [-0.3, -0.25) is 0 Å². The predicted octanol–water partition coefficient (Wildman–Crippen LogP) is 1.84. The van der Waals surface area contributed by atoms with E-state index in [-0.39, 0.29) is 11.3 Å². The topological polar surface area (TPSA) is 34.1 Å². The van der Waals surface area contributed by atoms with Crippen LogP contribution < -0.4 is 0 Å². The molecule has 1 aliphatic carbocycles. The molecule has 2 nitrogen and oxygen atoms in total. The lowest BCUT2D eigenvalue weighted by Gasteiger charge is -1.93. The molecule has 0 fully saturated rings. The molecule has 0 unspecified atom stereocenters. The Hall–Kier alpha value is -1.12. The van der Waals surface area contributed by atoms with E-state index in [1.54, 1.807) is 24.3 Å². The summed E-state index contributed by atoms with van der Waals surface area (Å²) < 4.78 is 33.2. The summed E-state index contributed by atoms with van der Waals surface area (Å²) >= 11 is 0. The summed E-state index contributed by atoms with van der Waals surface area (Å²) in [4.78, 5) is -0.330. The number of hydrogen-bond acceptors (Lipinski definition) is 2. The van der Waals surface area contributed by atoms with Crippen molar-refractivity contribution < 1.29 is 12.3 Å². The van der Waals surface area contributed by atoms with Gasteiger partial charge in [0.15, 0.2) is 0 Å². The van der Waals surface area contributed by atoms with E-state index >= 15 is 0 Å². The van der Waals surface area contributed by atoms with E-state index in [0.717, 1.165) is 0 Å². The van der Waals surface area contributed by atoms with Gasteiger partial charge in [-0.05, 0) is 6.08 Å². The molecule has 0 saturated carbocycles. The zero-order valence-electron chi connectivity index (χ0n) is 6.20. The van der Waals surface area contributed by atoms with Gasteiger partial charge in [-0.2, -0.15) is 8.42 Å². The number of allylic oxidation sites excluding steroid dienone is 5. The minimum absolute atomic E-state index is 0.0552. The van der Waals surface area contributed by atoms with Gasteiger partial charge < -0.3 is 0 Å².